The molecule has 0 aromatic heterocycles. The smallest absolute Gasteiger partial charge is 0.0397 e. The monoisotopic (exact) mass is 152 g/mol. The maximum atomic E-state index is 4.99. The van der Waals surface area contributed by atoms with Crippen LogP contribution in [0.25, 0.3) is 0 Å². The molecule has 53 valence electrons. The van der Waals surface area contributed by atoms with Gasteiger partial charge < -0.3 is 4.90 Å². The van der Waals surface area contributed by atoms with Crippen molar-refractivity contribution >= 4 is 18.3 Å². The van der Waals surface area contributed by atoms with Gasteiger partial charge in [0.2, 0.25) is 0 Å². The normalized spacial score (nSPS) is 9.40. The van der Waals surface area contributed by atoms with Crippen molar-refractivity contribution in [1.29, 1.82) is 0 Å². The number of anilines is 1. The average molecular weight is 152 g/mol. The van der Waals surface area contributed by atoms with E-state index in [9.17, 15) is 0 Å². The lowest BCUT2D eigenvalue weighted by Crippen LogP contribution is -2.07. The highest BCUT2D eigenvalue weighted by Gasteiger charge is 1.92. The molecule has 0 aliphatic rings. The molecule has 1 rings (SSSR count). The Labute approximate surface area is 67.1 Å². The van der Waals surface area contributed by atoms with E-state index in [1.165, 1.54) is 0 Å². The highest BCUT2D eigenvalue weighted by Crippen LogP contribution is 2.15. The van der Waals surface area contributed by atoms with Crippen LogP contribution in [0.4, 0.5) is 5.69 Å². The number of benzene rings is 1. The molecule has 0 aliphatic heterocycles. The van der Waals surface area contributed by atoms with Crippen molar-refractivity contribution in [3.8, 4) is 0 Å². The summed E-state index contributed by atoms with van der Waals surface area (Å²) >= 11 is 4.99. The Hall–Kier alpha value is -0.760. The standard InChI is InChI=1S/C8H10NS/c1-9(2)7-4-3-5-8(10)6-7/h3-6H,1-2H3. The third-order valence-electron chi connectivity index (χ3n) is 1.33. The van der Waals surface area contributed by atoms with Gasteiger partial charge in [-0.25, -0.2) is 0 Å². The Morgan fingerprint density at radius 3 is 2.40 bits per heavy atom. The quantitative estimate of drug-likeness (QED) is 0.597. The van der Waals surface area contributed by atoms with E-state index in [1.54, 1.807) is 0 Å². The molecule has 2 heteroatoms. The van der Waals surface area contributed by atoms with E-state index >= 15 is 0 Å². The van der Waals surface area contributed by atoms with E-state index < -0.39 is 0 Å². The van der Waals surface area contributed by atoms with Gasteiger partial charge in [-0.05, 0) is 18.2 Å². The van der Waals surface area contributed by atoms with E-state index in [1.807, 2.05) is 43.3 Å². The number of hydrogen-bond donors (Lipinski definition) is 0. The van der Waals surface area contributed by atoms with Crippen molar-refractivity contribution in [2.24, 2.45) is 0 Å². The molecule has 0 heterocycles. The van der Waals surface area contributed by atoms with E-state index in [0.29, 0.717) is 0 Å². The van der Waals surface area contributed by atoms with E-state index in [4.69, 9.17) is 12.6 Å². The summed E-state index contributed by atoms with van der Waals surface area (Å²) < 4.78 is 0. The maximum absolute atomic E-state index is 4.99. The summed E-state index contributed by atoms with van der Waals surface area (Å²) in [5.41, 5.74) is 1.16. The second kappa shape index (κ2) is 2.88. The first-order chi connectivity index (χ1) is 4.70. The molecule has 0 aliphatic carbocycles. The summed E-state index contributed by atoms with van der Waals surface area (Å²) in [5, 5.41) is 0. The van der Waals surface area contributed by atoms with Gasteiger partial charge >= 0.3 is 0 Å². The minimum atomic E-state index is 0.895. The van der Waals surface area contributed by atoms with Crippen LogP contribution in [-0.4, -0.2) is 14.1 Å². The molecule has 1 aromatic carbocycles. The first-order valence-corrected chi connectivity index (χ1v) is 3.55. The molecule has 1 radical (unpaired) electrons. The molecule has 0 atom stereocenters. The van der Waals surface area contributed by atoms with Crippen LogP contribution >= 0.6 is 12.6 Å². The van der Waals surface area contributed by atoms with Crippen molar-refractivity contribution in [1.82, 2.24) is 0 Å². The summed E-state index contributed by atoms with van der Waals surface area (Å²) in [6.45, 7) is 0. The SMILES string of the molecule is CN(C)c1cccc([S])c1. The molecule has 0 bridgehead atoms. The highest BCUT2D eigenvalue weighted by atomic mass is 32.1. The van der Waals surface area contributed by atoms with Crippen LogP contribution in [0.2, 0.25) is 0 Å². The van der Waals surface area contributed by atoms with Crippen LogP contribution in [0.1, 0.15) is 0 Å². The van der Waals surface area contributed by atoms with Gasteiger partial charge in [-0.2, -0.15) is 0 Å². The molecular weight excluding hydrogens is 142 g/mol. The zero-order valence-corrected chi connectivity index (χ0v) is 6.98. The summed E-state index contributed by atoms with van der Waals surface area (Å²) in [7, 11) is 4.01. The van der Waals surface area contributed by atoms with Crippen LogP contribution in [0.5, 0.6) is 0 Å². The summed E-state index contributed by atoms with van der Waals surface area (Å²) in [6, 6.07) is 7.91. The molecule has 10 heavy (non-hydrogen) atoms. The molecule has 1 aromatic rings. The van der Waals surface area contributed by atoms with Gasteiger partial charge in [0.15, 0.2) is 0 Å². The highest BCUT2D eigenvalue weighted by molar-refractivity contribution is 7.80. The van der Waals surface area contributed by atoms with Crippen molar-refractivity contribution in [3.63, 3.8) is 0 Å². The predicted octanol–water partition coefficient (Wildman–Crippen LogP) is 2.31. The third-order valence-corrected chi connectivity index (χ3v) is 1.59. The van der Waals surface area contributed by atoms with Crippen molar-refractivity contribution < 1.29 is 0 Å². The van der Waals surface area contributed by atoms with Gasteiger partial charge in [0.05, 0.1) is 0 Å². The fraction of sp³-hybridized carbons (Fsp3) is 0.250. The molecule has 0 unspecified atom stereocenters. The van der Waals surface area contributed by atoms with Gasteiger partial charge in [-0.3, -0.25) is 0 Å². The minimum Gasteiger partial charge on any atom is -0.378 e. The van der Waals surface area contributed by atoms with Gasteiger partial charge in [0, 0.05) is 24.7 Å². The zero-order valence-electron chi connectivity index (χ0n) is 6.16. The molecule has 0 saturated heterocycles. The van der Waals surface area contributed by atoms with E-state index in [2.05, 4.69) is 0 Å². The van der Waals surface area contributed by atoms with Gasteiger partial charge in [0.25, 0.3) is 0 Å². The summed E-state index contributed by atoms with van der Waals surface area (Å²) in [4.78, 5) is 2.93. The second-order valence-electron chi connectivity index (χ2n) is 2.39. The van der Waals surface area contributed by atoms with Crippen LogP contribution in [0.15, 0.2) is 29.2 Å². The van der Waals surface area contributed by atoms with Crippen LogP contribution < -0.4 is 4.90 Å². The topological polar surface area (TPSA) is 3.24 Å². The molecule has 0 N–H and O–H groups in total. The molecule has 1 nitrogen and oxygen atoms in total. The summed E-state index contributed by atoms with van der Waals surface area (Å²) in [6.07, 6.45) is 0. The van der Waals surface area contributed by atoms with Gasteiger partial charge in [-0.15, -0.1) is 0 Å². The maximum Gasteiger partial charge on any atom is 0.0397 e. The van der Waals surface area contributed by atoms with Gasteiger partial charge in [0.1, 0.15) is 0 Å². The molecule has 0 spiro atoms. The average Bonchev–Trinajstić information content (AvgIpc) is 1.88. The van der Waals surface area contributed by atoms with Crippen LogP contribution in [0, 0.1) is 0 Å². The van der Waals surface area contributed by atoms with Crippen molar-refractivity contribution in [2.75, 3.05) is 19.0 Å². The lowest BCUT2D eigenvalue weighted by atomic mass is 10.3. The Kier molecular flexibility index (Phi) is 2.12. The Morgan fingerprint density at radius 2 is 2.00 bits per heavy atom. The molecule has 0 amide bonds. The number of nitrogens with zero attached hydrogens (tertiary/aromatic N) is 1. The fourth-order valence-corrected chi connectivity index (χ4v) is 0.961. The fourth-order valence-electron chi connectivity index (χ4n) is 0.762. The van der Waals surface area contributed by atoms with Crippen LogP contribution in [0.3, 0.4) is 0 Å². The summed E-state index contributed by atoms with van der Waals surface area (Å²) in [5.74, 6) is 0. The predicted molar refractivity (Wildman–Crippen MR) is 46.6 cm³/mol. The Morgan fingerprint density at radius 1 is 1.30 bits per heavy atom. The lowest BCUT2D eigenvalue weighted by Gasteiger charge is -2.11. The number of hydrogen-bond acceptors (Lipinski definition) is 1. The molecular formula is C8H10NS. The second-order valence-corrected chi connectivity index (χ2v) is 2.86. The first kappa shape index (κ1) is 7.35. The Bertz CT molecular complexity index is 220. The van der Waals surface area contributed by atoms with Gasteiger partial charge in [-0.1, -0.05) is 18.7 Å². The number of rotatable bonds is 1. The first-order valence-electron chi connectivity index (χ1n) is 3.14. The Balaban J connectivity index is 2.96. The van der Waals surface area contributed by atoms with Crippen molar-refractivity contribution in [3.05, 3.63) is 24.3 Å². The minimum absolute atomic E-state index is 0.895. The van der Waals surface area contributed by atoms with E-state index in [-0.39, 0.29) is 0 Å². The molecule has 0 saturated carbocycles. The zero-order chi connectivity index (χ0) is 7.56. The lowest BCUT2D eigenvalue weighted by molar-refractivity contribution is 1.12. The van der Waals surface area contributed by atoms with Crippen LogP contribution in [-0.2, 0) is 0 Å². The largest absolute Gasteiger partial charge is 0.378 e. The third kappa shape index (κ3) is 1.61. The van der Waals surface area contributed by atoms with Crippen molar-refractivity contribution in [2.45, 2.75) is 4.90 Å². The van der Waals surface area contributed by atoms with E-state index in [0.717, 1.165) is 10.6 Å². The molecule has 0 fully saturated rings.